The first-order valence-corrected chi connectivity index (χ1v) is 9.41. The van der Waals surface area contributed by atoms with Gasteiger partial charge < -0.3 is 19.9 Å². The maximum atomic E-state index is 12.4. The Balaban J connectivity index is 1.80. The number of nitrogens with one attached hydrogen (secondary N) is 1. The lowest BCUT2D eigenvalue weighted by molar-refractivity contribution is -0.116. The zero-order valence-electron chi connectivity index (χ0n) is 15.0. The summed E-state index contributed by atoms with van der Waals surface area (Å²) in [6, 6.07) is 12.8. The van der Waals surface area contributed by atoms with E-state index in [1.165, 1.54) is 0 Å². The van der Waals surface area contributed by atoms with Crippen LogP contribution in [-0.2, 0) is 4.79 Å². The molecule has 0 aliphatic carbocycles. The SMILES string of the molecule is COc1ccc(-c2csc3c2NC(=O)C[C@H]3c2cccc(O)c2)cc1OC. The maximum Gasteiger partial charge on any atom is 0.225 e. The number of methoxy groups -OCH3 is 2. The summed E-state index contributed by atoms with van der Waals surface area (Å²) >= 11 is 1.61. The van der Waals surface area contributed by atoms with E-state index < -0.39 is 0 Å². The molecule has 1 amide bonds. The number of thiophene rings is 1. The molecule has 0 fully saturated rings. The largest absolute Gasteiger partial charge is 0.508 e. The van der Waals surface area contributed by atoms with Crippen LogP contribution in [0, 0.1) is 0 Å². The molecule has 0 radical (unpaired) electrons. The summed E-state index contributed by atoms with van der Waals surface area (Å²) in [6.07, 6.45) is 0.363. The summed E-state index contributed by atoms with van der Waals surface area (Å²) in [6.45, 7) is 0. The zero-order valence-corrected chi connectivity index (χ0v) is 15.8. The summed E-state index contributed by atoms with van der Waals surface area (Å²) in [4.78, 5) is 13.5. The average molecular weight is 381 g/mol. The lowest BCUT2D eigenvalue weighted by atomic mass is 9.89. The molecule has 0 bridgehead atoms. The molecular weight excluding hydrogens is 362 g/mol. The number of fused-ring (bicyclic) bond motifs is 1. The zero-order chi connectivity index (χ0) is 19.0. The molecule has 5 nitrogen and oxygen atoms in total. The number of hydrogen-bond acceptors (Lipinski definition) is 5. The Morgan fingerprint density at radius 3 is 2.67 bits per heavy atom. The average Bonchev–Trinajstić information content (AvgIpc) is 3.10. The third-order valence-electron chi connectivity index (χ3n) is 4.76. The van der Waals surface area contributed by atoms with Crippen LogP contribution in [0.3, 0.4) is 0 Å². The van der Waals surface area contributed by atoms with Crippen LogP contribution >= 0.6 is 11.3 Å². The van der Waals surface area contributed by atoms with Gasteiger partial charge in [0.25, 0.3) is 0 Å². The molecule has 2 heterocycles. The highest BCUT2D eigenvalue weighted by molar-refractivity contribution is 7.11. The van der Waals surface area contributed by atoms with Crippen LogP contribution in [0.5, 0.6) is 17.2 Å². The Kier molecular flexibility index (Phi) is 4.49. The number of carbonyl (C=O) groups is 1. The van der Waals surface area contributed by atoms with Crippen LogP contribution in [0.25, 0.3) is 11.1 Å². The van der Waals surface area contributed by atoms with Gasteiger partial charge in [-0.15, -0.1) is 11.3 Å². The van der Waals surface area contributed by atoms with E-state index >= 15 is 0 Å². The van der Waals surface area contributed by atoms with Gasteiger partial charge in [0.1, 0.15) is 5.75 Å². The minimum absolute atomic E-state index is 0.0315. The second-order valence-electron chi connectivity index (χ2n) is 6.36. The van der Waals surface area contributed by atoms with E-state index in [2.05, 4.69) is 5.32 Å². The van der Waals surface area contributed by atoms with Crippen LogP contribution < -0.4 is 14.8 Å². The molecule has 0 spiro atoms. The first kappa shape index (κ1) is 17.4. The molecule has 1 aromatic heterocycles. The minimum Gasteiger partial charge on any atom is -0.508 e. The summed E-state index contributed by atoms with van der Waals surface area (Å²) in [5, 5.41) is 14.9. The van der Waals surface area contributed by atoms with E-state index in [1.54, 1.807) is 43.8 Å². The molecule has 2 aromatic carbocycles. The number of rotatable bonds is 4. The van der Waals surface area contributed by atoms with Crippen molar-refractivity contribution in [3.8, 4) is 28.4 Å². The molecule has 1 aliphatic heterocycles. The molecule has 3 aromatic rings. The Hall–Kier alpha value is -2.99. The maximum absolute atomic E-state index is 12.4. The van der Waals surface area contributed by atoms with Crippen molar-refractivity contribution in [3.05, 3.63) is 58.3 Å². The van der Waals surface area contributed by atoms with Crippen molar-refractivity contribution in [3.63, 3.8) is 0 Å². The Labute approximate surface area is 161 Å². The van der Waals surface area contributed by atoms with Gasteiger partial charge in [0.05, 0.1) is 19.9 Å². The number of anilines is 1. The van der Waals surface area contributed by atoms with Gasteiger partial charge in [-0.3, -0.25) is 4.79 Å². The molecule has 6 heteroatoms. The van der Waals surface area contributed by atoms with Crippen molar-refractivity contribution >= 4 is 22.9 Å². The topological polar surface area (TPSA) is 67.8 Å². The van der Waals surface area contributed by atoms with Crippen molar-refractivity contribution in [2.75, 3.05) is 19.5 Å². The number of hydrogen-bond donors (Lipinski definition) is 2. The first-order valence-electron chi connectivity index (χ1n) is 8.53. The lowest BCUT2D eigenvalue weighted by Gasteiger charge is -2.24. The highest BCUT2D eigenvalue weighted by Crippen LogP contribution is 2.47. The van der Waals surface area contributed by atoms with Crippen molar-refractivity contribution < 1.29 is 19.4 Å². The molecule has 4 rings (SSSR count). The predicted octanol–water partition coefficient (Wildman–Crippen LogP) is 4.61. The van der Waals surface area contributed by atoms with E-state index in [-0.39, 0.29) is 17.6 Å². The summed E-state index contributed by atoms with van der Waals surface area (Å²) < 4.78 is 10.7. The predicted molar refractivity (Wildman–Crippen MR) is 106 cm³/mol. The van der Waals surface area contributed by atoms with Crippen molar-refractivity contribution in [2.24, 2.45) is 0 Å². The fourth-order valence-electron chi connectivity index (χ4n) is 3.45. The van der Waals surface area contributed by atoms with Gasteiger partial charge in [-0.2, -0.15) is 0 Å². The molecule has 0 unspecified atom stereocenters. The fraction of sp³-hybridized carbons (Fsp3) is 0.190. The molecule has 0 saturated carbocycles. The summed E-state index contributed by atoms with van der Waals surface area (Å²) in [5.41, 5.74) is 3.67. The van der Waals surface area contributed by atoms with E-state index in [0.29, 0.717) is 17.9 Å². The van der Waals surface area contributed by atoms with Crippen molar-refractivity contribution in [2.45, 2.75) is 12.3 Å². The lowest BCUT2D eigenvalue weighted by Crippen LogP contribution is -2.22. The minimum atomic E-state index is -0.0697. The van der Waals surface area contributed by atoms with Crippen molar-refractivity contribution in [1.82, 2.24) is 0 Å². The van der Waals surface area contributed by atoms with E-state index in [1.807, 2.05) is 29.6 Å². The van der Waals surface area contributed by atoms with Crippen molar-refractivity contribution in [1.29, 1.82) is 0 Å². The smallest absolute Gasteiger partial charge is 0.225 e. The van der Waals surface area contributed by atoms with Crippen LogP contribution in [0.15, 0.2) is 47.8 Å². The number of amides is 1. The number of phenols is 1. The summed E-state index contributed by atoms with van der Waals surface area (Å²) in [5.74, 6) is 1.40. The van der Waals surface area contributed by atoms with E-state index in [4.69, 9.17) is 9.47 Å². The molecular formula is C21H19NO4S. The second-order valence-corrected chi connectivity index (χ2v) is 7.27. The van der Waals surface area contributed by atoms with Gasteiger partial charge in [-0.25, -0.2) is 0 Å². The first-order chi connectivity index (χ1) is 13.1. The number of benzene rings is 2. The highest BCUT2D eigenvalue weighted by Gasteiger charge is 2.30. The summed E-state index contributed by atoms with van der Waals surface area (Å²) in [7, 11) is 3.20. The quantitative estimate of drug-likeness (QED) is 0.692. The normalized spacial score (nSPS) is 15.8. The monoisotopic (exact) mass is 381 g/mol. The molecule has 27 heavy (non-hydrogen) atoms. The van der Waals surface area contributed by atoms with Gasteiger partial charge >= 0.3 is 0 Å². The second kappa shape index (κ2) is 6.96. The molecule has 138 valence electrons. The van der Waals surface area contributed by atoms with Crippen LogP contribution in [0.1, 0.15) is 22.8 Å². The van der Waals surface area contributed by atoms with E-state index in [9.17, 15) is 9.90 Å². The Morgan fingerprint density at radius 2 is 1.93 bits per heavy atom. The Morgan fingerprint density at radius 1 is 1.11 bits per heavy atom. The van der Waals surface area contributed by atoms with Gasteiger partial charge in [0.2, 0.25) is 5.91 Å². The Bertz CT molecular complexity index is 1010. The van der Waals surface area contributed by atoms with Gasteiger partial charge in [-0.05, 0) is 35.4 Å². The molecule has 0 saturated heterocycles. The molecule has 1 aliphatic rings. The highest BCUT2D eigenvalue weighted by atomic mass is 32.1. The van der Waals surface area contributed by atoms with Crippen LogP contribution in [0.4, 0.5) is 5.69 Å². The van der Waals surface area contributed by atoms with Crippen LogP contribution in [0.2, 0.25) is 0 Å². The van der Waals surface area contributed by atoms with Crippen LogP contribution in [-0.4, -0.2) is 25.2 Å². The van der Waals surface area contributed by atoms with E-state index in [0.717, 1.165) is 27.3 Å². The van der Waals surface area contributed by atoms with Gasteiger partial charge in [0.15, 0.2) is 11.5 Å². The fourth-order valence-corrected chi connectivity index (χ4v) is 4.62. The number of aromatic hydroxyl groups is 1. The molecule has 2 N–H and O–H groups in total. The van der Waals surface area contributed by atoms with Gasteiger partial charge in [0, 0.05) is 28.2 Å². The standard InChI is InChI=1S/C21H19NO4S/c1-25-17-7-6-13(9-18(17)26-2)16-11-27-21-15(10-19(24)22-20(16)21)12-4-3-5-14(23)8-12/h3-9,11,15,23H,10H2,1-2H3,(H,22,24)/t15-/m0/s1. The third kappa shape index (κ3) is 3.13. The molecule has 1 atom stereocenters. The third-order valence-corrected chi connectivity index (χ3v) is 5.85. The van der Waals surface area contributed by atoms with Gasteiger partial charge in [-0.1, -0.05) is 18.2 Å². The number of phenolic OH excluding ortho intramolecular Hbond substituents is 1. The number of ether oxygens (including phenoxy) is 2. The number of carbonyl (C=O) groups excluding carboxylic acids is 1.